The van der Waals surface area contributed by atoms with Crippen molar-refractivity contribution < 1.29 is 8.42 Å². The highest BCUT2D eigenvalue weighted by molar-refractivity contribution is 7.89. The molecule has 0 aromatic carbocycles. The first kappa shape index (κ1) is 15.2. The molecular weight excluding hydrogens is 250 g/mol. The van der Waals surface area contributed by atoms with Crippen molar-refractivity contribution in [2.24, 2.45) is 18.7 Å². The number of sulfonamides is 1. The zero-order chi connectivity index (χ0) is 13.9. The Hall–Kier alpha value is -0.850. The van der Waals surface area contributed by atoms with Gasteiger partial charge in [0.25, 0.3) is 0 Å². The second-order valence-corrected chi connectivity index (χ2v) is 6.85. The minimum absolute atomic E-state index is 0.0727. The third kappa shape index (κ3) is 3.83. The highest BCUT2D eigenvalue weighted by atomic mass is 32.2. The third-order valence-electron chi connectivity index (χ3n) is 2.78. The van der Waals surface area contributed by atoms with Crippen molar-refractivity contribution in [2.75, 3.05) is 0 Å². The van der Waals surface area contributed by atoms with Crippen LogP contribution in [-0.2, 0) is 23.6 Å². The Labute approximate surface area is 109 Å². The number of hydrogen-bond acceptors (Lipinski definition) is 3. The Morgan fingerprint density at radius 3 is 2.44 bits per heavy atom. The van der Waals surface area contributed by atoms with Crippen LogP contribution in [0.4, 0.5) is 0 Å². The highest BCUT2D eigenvalue weighted by Gasteiger charge is 2.20. The predicted molar refractivity (Wildman–Crippen MR) is 72.5 cm³/mol. The van der Waals surface area contributed by atoms with E-state index in [0.717, 1.165) is 12.1 Å². The van der Waals surface area contributed by atoms with Crippen LogP contribution < -0.4 is 10.5 Å². The maximum atomic E-state index is 12.1. The number of nitrogens with zero attached hydrogens (tertiary/aromatic N) is 1. The monoisotopic (exact) mass is 273 g/mol. The van der Waals surface area contributed by atoms with Gasteiger partial charge in [0.1, 0.15) is 0 Å². The van der Waals surface area contributed by atoms with Crippen molar-refractivity contribution in [1.29, 1.82) is 0 Å². The molecule has 1 aromatic heterocycles. The Morgan fingerprint density at radius 2 is 2.00 bits per heavy atom. The van der Waals surface area contributed by atoms with E-state index in [2.05, 4.69) is 18.6 Å². The predicted octanol–water partition coefficient (Wildman–Crippen LogP) is 1.20. The summed E-state index contributed by atoms with van der Waals surface area (Å²) in [6.45, 7) is 6.34. The van der Waals surface area contributed by atoms with E-state index in [4.69, 9.17) is 5.73 Å². The van der Waals surface area contributed by atoms with Crippen LogP contribution in [0, 0.1) is 5.92 Å². The molecule has 0 bridgehead atoms. The first-order chi connectivity index (χ1) is 8.26. The van der Waals surface area contributed by atoms with Gasteiger partial charge in [-0.3, -0.25) is 0 Å². The average molecular weight is 273 g/mol. The summed E-state index contributed by atoms with van der Waals surface area (Å²) in [4.78, 5) is 0.279. The lowest BCUT2D eigenvalue weighted by atomic mass is 10.1. The zero-order valence-electron chi connectivity index (χ0n) is 11.5. The molecule has 18 heavy (non-hydrogen) atoms. The molecule has 6 heteroatoms. The van der Waals surface area contributed by atoms with Crippen LogP contribution in [-0.4, -0.2) is 19.0 Å². The van der Waals surface area contributed by atoms with E-state index in [9.17, 15) is 8.42 Å². The second kappa shape index (κ2) is 5.86. The first-order valence-corrected chi connectivity index (χ1v) is 7.62. The largest absolute Gasteiger partial charge is 0.352 e. The van der Waals surface area contributed by atoms with Gasteiger partial charge in [0.2, 0.25) is 10.0 Å². The maximum Gasteiger partial charge on any atom is 0.242 e. The van der Waals surface area contributed by atoms with Crippen molar-refractivity contribution in [3.63, 3.8) is 0 Å². The molecule has 1 atom stereocenters. The summed E-state index contributed by atoms with van der Waals surface area (Å²) in [6, 6.07) is 1.54. The smallest absolute Gasteiger partial charge is 0.242 e. The molecule has 0 saturated heterocycles. The SMILES string of the molecule is CC(C)CC(C)NS(=O)(=O)c1cc(CN)n(C)c1. The van der Waals surface area contributed by atoms with Gasteiger partial charge in [0, 0.05) is 31.5 Å². The van der Waals surface area contributed by atoms with Crippen molar-refractivity contribution >= 4 is 10.0 Å². The molecule has 1 unspecified atom stereocenters. The number of aryl methyl sites for hydroxylation is 1. The van der Waals surface area contributed by atoms with E-state index >= 15 is 0 Å². The first-order valence-electron chi connectivity index (χ1n) is 6.14. The molecule has 0 aliphatic rings. The Morgan fingerprint density at radius 1 is 1.39 bits per heavy atom. The molecule has 0 aliphatic carbocycles. The third-order valence-corrected chi connectivity index (χ3v) is 4.34. The quantitative estimate of drug-likeness (QED) is 0.817. The standard InChI is InChI=1S/C12H23N3O2S/c1-9(2)5-10(3)14-18(16,17)12-6-11(7-13)15(4)8-12/h6,8-10,14H,5,7,13H2,1-4H3. The van der Waals surface area contributed by atoms with Gasteiger partial charge >= 0.3 is 0 Å². The summed E-state index contributed by atoms with van der Waals surface area (Å²) >= 11 is 0. The lowest BCUT2D eigenvalue weighted by molar-refractivity contribution is 0.482. The molecule has 0 fully saturated rings. The maximum absolute atomic E-state index is 12.1. The fourth-order valence-electron chi connectivity index (χ4n) is 2.02. The normalized spacial score (nSPS) is 14.1. The topological polar surface area (TPSA) is 77.1 Å². The van der Waals surface area contributed by atoms with Crippen LogP contribution in [0.3, 0.4) is 0 Å². The molecular formula is C12H23N3O2S. The van der Waals surface area contributed by atoms with E-state index in [1.54, 1.807) is 23.9 Å². The highest BCUT2D eigenvalue weighted by Crippen LogP contribution is 2.14. The van der Waals surface area contributed by atoms with Gasteiger partial charge in [-0.25, -0.2) is 13.1 Å². The molecule has 1 rings (SSSR count). The molecule has 0 aliphatic heterocycles. The minimum atomic E-state index is -3.44. The van der Waals surface area contributed by atoms with E-state index < -0.39 is 10.0 Å². The summed E-state index contributed by atoms with van der Waals surface area (Å²) in [5.41, 5.74) is 6.34. The molecule has 1 aromatic rings. The fourth-order valence-corrected chi connectivity index (χ4v) is 3.37. The van der Waals surface area contributed by atoms with Gasteiger partial charge in [0.15, 0.2) is 0 Å². The molecule has 1 heterocycles. The van der Waals surface area contributed by atoms with Crippen LogP contribution in [0.25, 0.3) is 0 Å². The van der Waals surface area contributed by atoms with Crippen LogP contribution in [0.15, 0.2) is 17.2 Å². The Kier molecular flexibility index (Phi) is 4.95. The van der Waals surface area contributed by atoms with Crippen molar-refractivity contribution in [3.8, 4) is 0 Å². The van der Waals surface area contributed by atoms with Crippen LogP contribution in [0.5, 0.6) is 0 Å². The number of rotatable bonds is 6. The fraction of sp³-hybridized carbons (Fsp3) is 0.667. The van der Waals surface area contributed by atoms with Crippen LogP contribution in [0.2, 0.25) is 0 Å². The van der Waals surface area contributed by atoms with E-state index in [-0.39, 0.29) is 10.9 Å². The lowest BCUT2D eigenvalue weighted by Gasteiger charge is -2.15. The van der Waals surface area contributed by atoms with Crippen LogP contribution >= 0.6 is 0 Å². The summed E-state index contributed by atoms with van der Waals surface area (Å²) in [6.07, 6.45) is 2.41. The number of nitrogens with one attached hydrogen (secondary N) is 1. The average Bonchev–Trinajstić information content (AvgIpc) is 2.57. The van der Waals surface area contributed by atoms with Crippen molar-refractivity contribution in [2.45, 2.75) is 44.7 Å². The van der Waals surface area contributed by atoms with Gasteiger partial charge in [-0.05, 0) is 25.3 Å². The van der Waals surface area contributed by atoms with E-state index in [1.165, 1.54) is 0 Å². The van der Waals surface area contributed by atoms with E-state index in [1.807, 2.05) is 6.92 Å². The van der Waals surface area contributed by atoms with Gasteiger partial charge in [-0.15, -0.1) is 0 Å². The molecule has 0 spiro atoms. The second-order valence-electron chi connectivity index (χ2n) is 5.13. The number of hydrogen-bond donors (Lipinski definition) is 2. The molecule has 0 radical (unpaired) electrons. The minimum Gasteiger partial charge on any atom is -0.352 e. The summed E-state index contributed by atoms with van der Waals surface area (Å²) < 4.78 is 28.7. The number of aromatic nitrogens is 1. The molecule has 0 amide bonds. The van der Waals surface area contributed by atoms with Gasteiger partial charge in [-0.1, -0.05) is 13.8 Å². The molecule has 5 nitrogen and oxygen atoms in total. The van der Waals surface area contributed by atoms with Crippen LogP contribution in [0.1, 0.15) is 32.9 Å². The van der Waals surface area contributed by atoms with Crippen molar-refractivity contribution in [1.82, 2.24) is 9.29 Å². The summed E-state index contributed by atoms with van der Waals surface area (Å²) in [5.74, 6) is 0.457. The van der Waals surface area contributed by atoms with Crippen molar-refractivity contribution in [3.05, 3.63) is 18.0 Å². The Bertz CT molecular complexity index is 491. The zero-order valence-corrected chi connectivity index (χ0v) is 12.3. The van der Waals surface area contributed by atoms with Gasteiger partial charge in [0.05, 0.1) is 4.90 Å². The summed E-state index contributed by atoms with van der Waals surface area (Å²) in [7, 11) is -1.65. The Balaban J connectivity index is 2.86. The molecule has 0 saturated carbocycles. The van der Waals surface area contributed by atoms with E-state index in [0.29, 0.717) is 12.5 Å². The molecule has 104 valence electrons. The summed E-state index contributed by atoms with van der Waals surface area (Å²) in [5, 5.41) is 0. The lowest BCUT2D eigenvalue weighted by Crippen LogP contribution is -2.33. The van der Waals surface area contributed by atoms with Gasteiger partial charge < -0.3 is 10.3 Å². The van der Waals surface area contributed by atoms with Gasteiger partial charge in [-0.2, -0.15) is 0 Å². The number of nitrogens with two attached hydrogens (primary N) is 1. The molecule has 3 N–H and O–H groups in total.